The minimum Gasteiger partial charge on any atom is -0.335 e. The van der Waals surface area contributed by atoms with Gasteiger partial charge in [0.2, 0.25) is 5.91 Å². The van der Waals surface area contributed by atoms with Gasteiger partial charge in [-0.1, -0.05) is 13.8 Å². The molecule has 2 rings (SSSR count). The van der Waals surface area contributed by atoms with Crippen LogP contribution in [-0.4, -0.2) is 27.3 Å². The predicted molar refractivity (Wildman–Crippen MR) is 69.4 cm³/mol. The summed E-state index contributed by atoms with van der Waals surface area (Å²) in [5.41, 5.74) is 0. The van der Waals surface area contributed by atoms with Gasteiger partial charge in [0.15, 0.2) is 0 Å². The maximum absolute atomic E-state index is 12.1. The van der Waals surface area contributed by atoms with Crippen molar-refractivity contribution in [2.45, 2.75) is 39.2 Å². The molecule has 0 spiro atoms. The molecule has 1 aromatic heterocycles. The van der Waals surface area contributed by atoms with E-state index in [-0.39, 0.29) is 11.9 Å². The lowest BCUT2D eigenvalue weighted by atomic mass is 10.1. The highest BCUT2D eigenvalue weighted by atomic mass is 79.9. The number of H-pyrrole nitrogens is 1. The van der Waals surface area contributed by atoms with Crippen LogP contribution in [-0.2, 0) is 4.79 Å². The van der Waals surface area contributed by atoms with Gasteiger partial charge in [-0.15, -0.1) is 0 Å². The van der Waals surface area contributed by atoms with Gasteiger partial charge in [0.05, 0.1) is 12.2 Å². The summed E-state index contributed by atoms with van der Waals surface area (Å²) in [6.07, 6.45) is 4.44. The first-order valence-corrected chi connectivity index (χ1v) is 6.87. The number of halogens is 1. The van der Waals surface area contributed by atoms with Crippen LogP contribution in [0.1, 0.15) is 45.0 Å². The highest BCUT2D eigenvalue weighted by Crippen LogP contribution is 2.31. The van der Waals surface area contributed by atoms with E-state index in [9.17, 15) is 4.79 Å². The number of amides is 1. The zero-order chi connectivity index (χ0) is 12.4. The van der Waals surface area contributed by atoms with Crippen molar-refractivity contribution >= 4 is 21.8 Å². The first-order valence-electron chi connectivity index (χ1n) is 6.08. The Morgan fingerprint density at radius 3 is 3.06 bits per heavy atom. The average molecular weight is 300 g/mol. The van der Waals surface area contributed by atoms with Crippen molar-refractivity contribution in [1.29, 1.82) is 0 Å². The fraction of sp³-hybridized carbons (Fsp3) is 0.667. The van der Waals surface area contributed by atoms with Crippen molar-refractivity contribution in [3.05, 3.63) is 16.6 Å². The topological polar surface area (TPSA) is 49.0 Å². The maximum atomic E-state index is 12.1. The largest absolute Gasteiger partial charge is 0.335 e. The molecule has 0 aliphatic carbocycles. The van der Waals surface area contributed by atoms with E-state index in [0.717, 1.165) is 29.8 Å². The fourth-order valence-corrected chi connectivity index (χ4v) is 2.60. The summed E-state index contributed by atoms with van der Waals surface area (Å²) in [7, 11) is 0. The Bertz CT molecular complexity index is 402. The second-order valence-electron chi connectivity index (χ2n) is 4.96. The van der Waals surface area contributed by atoms with E-state index in [1.807, 2.05) is 4.90 Å². The highest BCUT2D eigenvalue weighted by Gasteiger charge is 2.31. The number of nitrogens with zero attached hydrogens (tertiary/aromatic N) is 2. The molecule has 0 aromatic carbocycles. The Labute approximate surface area is 110 Å². The number of carbonyl (C=O) groups excluding carboxylic acids is 1. The number of nitrogens with one attached hydrogen (secondary N) is 1. The van der Waals surface area contributed by atoms with Crippen LogP contribution in [0.25, 0.3) is 0 Å². The Hall–Kier alpha value is -0.840. The van der Waals surface area contributed by atoms with Gasteiger partial charge in [0, 0.05) is 13.0 Å². The predicted octanol–water partition coefficient (Wildman–Crippen LogP) is 2.88. The molecule has 0 radical (unpaired) electrons. The standard InChI is InChI=1S/C12H18BrN3O/c1-8(2)6-11(17)16-5-3-4-9(16)12-14-7-10(13)15-12/h7-9H,3-6H2,1-2H3,(H,14,15)/t9-/m0/s1. The molecular formula is C12H18BrN3O. The fourth-order valence-electron chi connectivity index (χ4n) is 2.30. The third-order valence-corrected chi connectivity index (χ3v) is 3.44. The monoisotopic (exact) mass is 299 g/mol. The van der Waals surface area contributed by atoms with Crippen molar-refractivity contribution in [3.8, 4) is 0 Å². The molecule has 5 heteroatoms. The Morgan fingerprint density at radius 1 is 1.71 bits per heavy atom. The van der Waals surface area contributed by atoms with Crippen molar-refractivity contribution in [3.63, 3.8) is 0 Å². The van der Waals surface area contributed by atoms with E-state index in [1.54, 1.807) is 6.20 Å². The molecule has 1 aliphatic heterocycles. The Balaban J connectivity index is 2.09. The molecule has 1 amide bonds. The highest BCUT2D eigenvalue weighted by molar-refractivity contribution is 9.10. The van der Waals surface area contributed by atoms with Crippen LogP contribution < -0.4 is 0 Å². The zero-order valence-electron chi connectivity index (χ0n) is 10.2. The van der Waals surface area contributed by atoms with Gasteiger partial charge in [-0.05, 0) is 34.7 Å². The van der Waals surface area contributed by atoms with E-state index in [0.29, 0.717) is 12.3 Å². The van der Waals surface area contributed by atoms with E-state index in [4.69, 9.17) is 0 Å². The SMILES string of the molecule is CC(C)CC(=O)N1CCC[C@H]1c1ncc(Br)[nH]1. The lowest BCUT2D eigenvalue weighted by Crippen LogP contribution is -2.31. The number of aromatic amines is 1. The number of carbonyl (C=O) groups is 1. The second kappa shape index (κ2) is 5.21. The van der Waals surface area contributed by atoms with E-state index >= 15 is 0 Å². The minimum atomic E-state index is 0.132. The summed E-state index contributed by atoms with van der Waals surface area (Å²) in [4.78, 5) is 21.6. The summed E-state index contributed by atoms with van der Waals surface area (Å²) < 4.78 is 0.871. The van der Waals surface area contributed by atoms with Crippen LogP contribution in [0.4, 0.5) is 0 Å². The number of hydrogen-bond acceptors (Lipinski definition) is 2. The van der Waals surface area contributed by atoms with Crippen molar-refractivity contribution in [2.75, 3.05) is 6.54 Å². The number of likely N-dealkylation sites (tertiary alicyclic amines) is 1. The number of aromatic nitrogens is 2. The summed E-state index contributed by atoms with van der Waals surface area (Å²) >= 11 is 3.35. The molecule has 17 heavy (non-hydrogen) atoms. The summed E-state index contributed by atoms with van der Waals surface area (Å²) in [6, 6.07) is 0.132. The summed E-state index contributed by atoms with van der Waals surface area (Å²) in [5, 5.41) is 0. The molecule has 0 saturated carbocycles. The van der Waals surface area contributed by atoms with E-state index in [2.05, 4.69) is 39.7 Å². The molecule has 94 valence electrons. The number of imidazole rings is 1. The molecule has 0 bridgehead atoms. The number of hydrogen-bond donors (Lipinski definition) is 1. The van der Waals surface area contributed by atoms with Crippen LogP contribution in [0.5, 0.6) is 0 Å². The van der Waals surface area contributed by atoms with Gasteiger partial charge >= 0.3 is 0 Å². The Kier molecular flexibility index (Phi) is 3.86. The van der Waals surface area contributed by atoms with E-state index < -0.39 is 0 Å². The summed E-state index contributed by atoms with van der Waals surface area (Å²) in [5.74, 6) is 1.55. The van der Waals surface area contributed by atoms with Crippen LogP contribution in [0, 0.1) is 5.92 Å². The summed E-state index contributed by atoms with van der Waals surface area (Å²) in [6.45, 7) is 5.01. The van der Waals surface area contributed by atoms with Crippen molar-refractivity contribution < 1.29 is 4.79 Å². The third kappa shape index (κ3) is 2.89. The van der Waals surface area contributed by atoms with Crippen LogP contribution in [0.2, 0.25) is 0 Å². The lowest BCUT2D eigenvalue weighted by molar-refractivity contribution is -0.133. The van der Waals surface area contributed by atoms with Crippen LogP contribution in [0.15, 0.2) is 10.8 Å². The molecule has 2 heterocycles. The second-order valence-corrected chi connectivity index (χ2v) is 5.81. The van der Waals surface area contributed by atoms with Gasteiger partial charge in [-0.25, -0.2) is 4.98 Å². The van der Waals surface area contributed by atoms with Gasteiger partial charge in [-0.2, -0.15) is 0 Å². The minimum absolute atomic E-state index is 0.132. The first kappa shape index (κ1) is 12.6. The molecule has 1 N–H and O–H groups in total. The van der Waals surface area contributed by atoms with Crippen molar-refractivity contribution in [1.82, 2.24) is 14.9 Å². The molecule has 0 unspecified atom stereocenters. The molecule has 1 fully saturated rings. The lowest BCUT2D eigenvalue weighted by Gasteiger charge is -2.24. The Morgan fingerprint density at radius 2 is 2.47 bits per heavy atom. The first-order chi connectivity index (χ1) is 8.08. The molecular weight excluding hydrogens is 282 g/mol. The number of rotatable bonds is 3. The maximum Gasteiger partial charge on any atom is 0.223 e. The van der Waals surface area contributed by atoms with Gasteiger partial charge in [-0.3, -0.25) is 4.79 Å². The molecule has 4 nitrogen and oxygen atoms in total. The van der Waals surface area contributed by atoms with Crippen LogP contribution >= 0.6 is 15.9 Å². The van der Waals surface area contributed by atoms with Crippen molar-refractivity contribution in [2.24, 2.45) is 5.92 Å². The van der Waals surface area contributed by atoms with Gasteiger partial charge in [0.25, 0.3) is 0 Å². The molecule has 1 saturated heterocycles. The molecule has 1 atom stereocenters. The third-order valence-electron chi connectivity index (χ3n) is 3.04. The van der Waals surface area contributed by atoms with Gasteiger partial charge < -0.3 is 9.88 Å². The smallest absolute Gasteiger partial charge is 0.223 e. The average Bonchev–Trinajstić information content (AvgIpc) is 2.83. The quantitative estimate of drug-likeness (QED) is 0.933. The zero-order valence-corrected chi connectivity index (χ0v) is 11.8. The molecule has 1 aliphatic rings. The van der Waals surface area contributed by atoms with Gasteiger partial charge in [0.1, 0.15) is 10.4 Å². The van der Waals surface area contributed by atoms with Crippen LogP contribution in [0.3, 0.4) is 0 Å². The normalized spacial score (nSPS) is 20.2. The molecule has 1 aromatic rings. The van der Waals surface area contributed by atoms with E-state index in [1.165, 1.54) is 0 Å².